The maximum atomic E-state index is 11.9. The highest BCUT2D eigenvalue weighted by atomic mass is 16.4. The van der Waals surface area contributed by atoms with Crippen LogP contribution in [0.15, 0.2) is 23.3 Å². The maximum absolute atomic E-state index is 11.9. The third-order valence-corrected chi connectivity index (χ3v) is 2.89. The average molecular weight is 275 g/mol. The van der Waals surface area contributed by atoms with Gasteiger partial charge in [0.05, 0.1) is 5.56 Å². The van der Waals surface area contributed by atoms with Crippen molar-refractivity contribution in [2.45, 2.75) is 19.8 Å². The first-order valence-electron chi connectivity index (χ1n) is 5.98. The van der Waals surface area contributed by atoms with Gasteiger partial charge in [-0.1, -0.05) is 0 Å². The van der Waals surface area contributed by atoms with Crippen molar-refractivity contribution >= 4 is 29.2 Å². The van der Waals surface area contributed by atoms with E-state index in [-0.39, 0.29) is 30.0 Å². The molecule has 0 saturated carbocycles. The van der Waals surface area contributed by atoms with Gasteiger partial charge in [-0.05, 0) is 30.7 Å². The van der Waals surface area contributed by atoms with Gasteiger partial charge in [0.15, 0.2) is 0 Å². The van der Waals surface area contributed by atoms with Crippen LogP contribution in [0.4, 0.5) is 5.69 Å². The summed E-state index contributed by atoms with van der Waals surface area (Å²) in [7, 11) is 0. The Morgan fingerprint density at radius 1 is 1.35 bits per heavy atom. The molecule has 0 atom stereocenters. The minimum absolute atomic E-state index is 0.155. The largest absolute Gasteiger partial charge is 0.478 e. The number of carboxylic acids is 1. The number of carboxylic acid groups (broad SMARTS) is 1. The summed E-state index contributed by atoms with van der Waals surface area (Å²) in [6.07, 6.45) is 0.507. The number of aromatic carboxylic acids is 1. The lowest BCUT2D eigenvalue weighted by molar-refractivity contribution is -0.121. The number of carbonyl (C=O) groups excluding carboxylic acids is 2. The van der Waals surface area contributed by atoms with Gasteiger partial charge in [0.25, 0.3) is 5.91 Å². The van der Waals surface area contributed by atoms with Crippen molar-refractivity contribution < 1.29 is 19.5 Å². The summed E-state index contributed by atoms with van der Waals surface area (Å²) >= 11 is 0. The topological polar surface area (TPSA) is 108 Å². The van der Waals surface area contributed by atoms with E-state index in [0.29, 0.717) is 11.3 Å². The summed E-state index contributed by atoms with van der Waals surface area (Å²) in [5.74, 6) is -1.65. The second-order valence-electron chi connectivity index (χ2n) is 4.38. The zero-order chi connectivity index (χ0) is 14.7. The predicted molar refractivity (Wildman–Crippen MR) is 71.6 cm³/mol. The molecule has 7 heteroatoms. The molecule has 2 rings (SSSR count). The lowest BCUT2D eigenvalue weighted by Gasteiger charge is -2.13. The van der Waals surface area contributed by atoms with Crippen LogP contribution in [-0.2, 0) is 9.59 Å². The van der Waals surface area contributed by atoms with Gasteiger partial charge in [-0.2, -0.15) is 5.10 Å². The Balaban J connectivity index is 2.12. The van der Waals surface area contributed by atoms with Crippen molar-refractivity contribution in [3.05, 3.63) is 29.3 Å². The molecular formula is C13H13N3O4. The Kier molecular flexibility index (Phi) is 3.79. The van der Waals surface area contributed by atoms with E-state index >= 15 is 0 Å². The minimum Gasteiger partial charge on any atom is -0.478 e. The Bertz CT molecular complexity index is 622. The number of anilines is 1. The number of rotatable bonds is 3. The van der Waals surface area contributed by atoms with Gasteiger partial charge in [-0.15, -0.1) is 0 Å². The van der Waals surface area contributed by atoms with Gasteiger partial charge >= 0.3 is 5.97 Å². The molecule has 1 aromatic rings. The number of hydrogen-bond acceptors (Lipinski definition) is 4. The molecule has 0 aromatic heterocycles. The minimum atomic E-state index is -1.02. The van der Waals surface area contributed by atoms with E-state index in [2.05, 4.69) is 15.8 Å². The number of hydrogen-bond donors (Lipinski definition) is 3. The Labute approximate surface area is 114 Å². The number of aryl methyl sites for hydroxylation is 1. The first kappa shape index (κ1) is 13.7. The first-order chi connectivity index (χ1) is 9.47. The van der Waals surface area contributed by atoms with Crippen molar-refractivity contribution in [1.29, 1.82) is 0 Å². The van der Waals surface area contributed by atoms with Crippen molar-refractivity contribution in [3.8, 4) is 0 Å². The molecule has 0 unspecified atom stereocenters. The number of amides is 2. The Morgan fingerprint density at radius 2 is 2.10 bits per heavy atom. The molecule has 1 aromatic carbocycles. The molecule has 1 aliphatic heterocycles. The number of benzene rings is 1. The van der Waals surface area contributed by atoms with Gasteiger partial charge in [0, 0.05) is 18.5 Å². The Hall–Kier alpha value is -2.70. The normalized spacial score (nSPS) is 14.2. The molecule has 0 fully saturated rings. The van der Waals surface area contributed by atoms with Crippen molar-refractivity contribution in [3.63, 3.8) is 0 Å². The fraction of sp³-hybridized carbons (Fsp3) is 0.231. The SMILES string of the molecule is Cc1cc(C(=O)O)ccc1NC(=O)C1=NNC(=O)CC1. The predicted octanol–water partition coefficient (Wildman–Crippen LogP) is 0.898. The van der Waals surface area contributed by atoms with Crippen LogP contribution in [0.5, 0.6) is 0 Å². The molecule has 0 radical (unpaired) electrons. The van der Waals surface area contributed by atoms with Crippen LogP contribution in [0.1, 0.15) is 28.8 Å². The summed E-state index contributed by atoms with van der Waals surface area (Å²) in [6.45, 7) is 1.70. The van der Waals surface area contributed by atoms with Crippen molar-refractivity contribution in [1.82, 2.24) is 5.43 Å². The van der Waals surface area contributed by atoms with E-state index in [4.69, 9.17) is 5.11 Å². The second-order valence-corrected chi connectivity index (χ2v) is 4.38. The molecule has 1 heterocycles. The number of hydrazone groups is 1. The van der Waals surface area contributed by atoms with Gasteiger partial charge in [-0.25, -0.2) is 10.2 Å². The van der Waals surface area contributed by atoms with Crippen LogP contribution in [0, 0.1) is 6.92 Å². The highest BCUT2D eigenvalue weighted by molar-refractivity contribution is 6.43. The molecule has 7 nitrogen and oxygen atoms in total. The van der Waals surface area contributed by atoms with Crippen molar-refractivity contribution in [2.75, 3.05) is 5.32 Å². The number of nitrogens with one attached hydrogen (secondary N) is 2. The van der Waals surface area contributed by atoms with Gasteiger partial charge in [-0.3, -0.25) is 9.59 Å². The van der Waals surface area contributed by atoms with E-state index in [9.17, 15) is 14.4 Å². The summed E-state index contributed by atoms with van der Waals surface area (Å²) < 4.78 is 0. The van der Waals surface area contributed by atoms with Gasteiger partial charge in [0.2, 0.25) is 5.91 Å². The first-order valence-corrected chi connectivity index (χ1v) is 5.98. The number of nitrogens with zero attached hydrogens (tertiary/aromatic N) is 1. The molecule has 104 valence electrons. The molecule has 0 spiro atoms. The van der Waals surface area contributed by atoms with Crippen molar-refractivity contribution in [2.24, 2.45) is 5.10 Å². The zero-order valence-corrected chi connectivity index (χ0v) is 10.8. The average Bonchev–Trinajstić information content (AvgIpc) is 2.41. The maximum Gasteiger partial charge on any atom is 0.335 e. The van der Waals surface area contributed by atoms with Crippen LogP contribution >= 0.6 is 0 Å². The van der Waals surface area contributed by atoms with Crippen LogP contribution in [-0.4, -0.2) is 28.6 Å². The lowest BCUT2D eigenvalue weighted by atomic mass is 10.1. The van der Waals surface area contributed by atoms with E-state index in [1.54, 1.807) is 6.92 Å². The van der Waals surface area contributed by atoms with Crippen LogP contribution in [0.2, 0.25) is 0 Å². The molecule has 2 amide bonds. The molecular weight excluding hydrogens is 262 g/mol. The lowest BCUT2D eigenvalue weighted by Crippen LogP contribution is -2.32. The molecule has 0 saturated heterocycles. The van der Waals surface area contributed by atoms with Crippen LogP contribution < -0.4 is 10.7 Å². The van der Waals surface area contributed by atoms with Gasteiger partial charge in [0.1, 0.15) is 5.71 Å². The fourth-order valence-electron chi connectivity index (χ4n) is 1.77. The van der Waals surface area contributed by atoms with E-state index < -0.39 is 11.9 Å². The highest BCUT2D eigenvalue weighted by Gasteiger charge is 2.19. The quantitative estimate of drug-likeness (QED) is 0.761. The third-order valence-electron chi connectivity index (χ3n) is 2.89. The molecule has 1 aliphatic rings. The van der Waals surface area contributed by atoms with E-state index in [1.165, 1.54) is 18.2 Å². The second kappa shape index (κ2) is 5.52. The Morgan fingerprint density at radius 3 is 2.65 bits per heavy atom. The summed E-state index contributed by atoms with van der Waals surface area (Å²) in [6, 6.07) is 4.41. The highest BCUT2D eigenvalue weighted by Crippen LogP contribution is 2.17. The molecule has 20 heavy (non-hydrogen) atoms. The van der Waals surface area contributed by atoms with Gasteiger partial charge < -0.3 is 10.4 Å². The summed E-state index contributed by atoms with van der Waals surface area (Å²) in [5, 5.41) is 15.2. The third kappa shape index (κ3) is 3.00. The summed E-state index contributed by atoms with van der Waals surface area (Å²) in [4.78, 5) is 33.7. The molecule has 0 aliphatic carbocycles. The number of carbonyl (C=O) groups is 3. The van der Waals surface area contributed by atoms with Crippen LogP contribution in [0.25, 0.3) is 0 Å². The zero-order valence-electron chi connectivity index (χ0n) is 10.8. The standard InChI is InChI=1S/C13H13N3O4/c1-7-6-8(13(19)20)2-3-9(7)14-12(18)10-4-5-11(17)16-15-10/h2-3,6H,4-5H2,1H3,(H,14,18)(H,16,17)(H,19,20). The van der Waals surface area contributed by atoms with E-state index in [0.717, 1.165) is 0 Å². The monoisotopic (exact) mass is 275 g/mol. The van der Waals surface area contributed by atoms with E-state index in [1.807, 2.05) is 0 Å². The molecule has 3 N–H and O–H groups in total. The smallest absolute Gasteiger partial charge is 0.335 e. The summed E-state index contributed by atoms with van der Waals surface area (Å²) in [5.41, 5.74) is 3.80. The van der Waals surface area contributed by atoms with Crippen LogP contribution in [0.3, 0.4) is 0 Å². The molecule has 0 bridgehead atoms. The fourth-order valence-corrected chi connectivity index (χ4v) is 1.77.